The minimum atomic E-state index is -3.13. The predicted molar refractivity (Wildman–Crippen MR) is 72.0 cm³/mol. The van der Waals surface area contributed by atoms with Gasteiger partial charge in [0.05, 0.1) is 11.9 Å². The summed E-state index contributed by atoms with van der Waals surface area (Å²) in [5.41, 5.74) is 1.97. The van der Waals surface area contributed by atoms with Crippen molar-refractivity contribution in [2.45, 2.75) is 18.4 Å². The number of aliphatic hydroxyl groups is 1. The fraction of sp³-hybridized carbons (Fsp3) is 0.200. The van der Waals surface area contributed by atoms with Crippen molar-refractivity contribution in [3.63, 3.8) is 0 Å². The van der Waals surface area contributed by atoms with E-state index in [0.29, 0.717) is 22.6 Å². The molecule has 0 amide bonds. The van der Waals surface area contributed by atoms with Crippen LogP contribution in [0.2, 0.25) is 0 Å². The molecule has 21 heavy (non-hydrogen) atoms. The summed E-state index contributed by atoms with van der Waals surface area (Å²) in [6.45, 7) is 0. The van der Waals surface area contributed by atoms with E-state index in [2.05, 4.69) is 9.97 Å². The van der Waals surface area contributed by atoms with Crippen LogP contribution in [0.1, 0.15) is 17.2 Å². The van der Waals surface area contributed by atoms with Crippen LogP contribution >= 0.6 is 0 Å². The van der Waals surface area contributed by atoms with Crippen LogP contribution in [0.3, 0.4) is 0 Å². The van der Waals surface area contributed by atoms with Crippen molar-refractivity contribution in [3.05, 3.63) is 54.0 Å². The molecule has 4 nitrogen and oxygen atoms in total. The van der Waals surface area contributed by atoms with Gasteiger partial charge in [0.25, 0.3) is 5.92 Å². The molecule has 1 N–H and O–H groups in total. The number of imidazole rings is 1. The third-order valence-electron chi connectivity index (χ3n) is 3.86. The van der Waals surface area contributed by atoms with Crippen molar-refractivity contribution >= 4 is 5.78 Å². The number of hydrogen-bond donors (Lipinski definition) is 1. The van der Waals surface area contributed by atoms with Crippen LogP contribution in [-0.4, -0.2) is 25.4 Å². The van der Waals surface area contributed by atoms with E-state index in [-0.39, 0.29) is 5.56 Å². The highest BCUT2D eigenvalue weighted by Gasteiger charge is 2.47. The minimum absolute atomic E-state index is 0.285. The van der Waals surface area contributed by atoms with E-state index >= 15 is 0 Å². The zero-order chi connectivity index (χ0) is 14.6. The Morgan fingerprint density at radius 2 is 2.10 bits per heavy atom. The third kappa shape index (κ3) is 1.69. The van der Waals surface area contributed by atoms with Gasteiger partial charge in [-0.3, -0.25) is 4.40 Å². The van der Waals surface area contributed by atoms with E-state index in [1.165, 1.54) is 0 Å². The molecule has 0 radical (unpaired) electrons. The van der Waals surface area contributed by atoms with Crippen LogP contribution in [0.5, 0.6) is 0 Å². The highest BCUT2D eigenvalue weighted by atomic mass is 19.3. The smallest absolute Gasteiger partial charge is 0.281 e. The number of benzene rings is 1. The maximum Gasteiger partial charge on any atom is 0.281 e. The normalized spacial score (nSPS) is 19.9. The monoisotopic (exact) mass is 287 g/mol. The Labute approximate surface area is 118 Å². The molecule has 106 valence electrons. The van der Waals surface area contributed by atoms with Crippen LogP contribution in [0, 0.1) is 0 Å². The molecule has 1 aliphatic carbocycles. The Morgan fingerprint density at radius 1 is 1.24 bits per heavy atom. The lowest BCUT2D eigenvalue weighted by Crippen LogP contribution is -2.21. The van der Waals surface area contributed by atoms with E-state index in [1.54, 1.807) is 47.3 Å². The van der Waals surface area contributed by atoms with Crippen molar-refractivity contribution in [1.82, 2.24) is 14.4 Å². The van der Waals surface area contributed by atoms with Crippen molar-refractivity contribution < 1.29 is 13.9 Å². The number of aliphatic hydroxyl groups excluding tert-OH is 1. The predicted octanol–water partition coefficient (Wildman–Crippen LogP) is 2.62. The Bertz CT molecular complexity index is 844. The van der Waals surface area contributed by atoms with Crippen LogP contribution in [-0.2, 0) is 6.42 Å². The topological polar surface area (TPSA) is 50.4 Å². The molecule has 1 atom stereocenters. The Balaban J connectivity index is 1.98. The first-order valence-electron chi connectivity index (χ1n) is 6.54. The summed E-state index contributed by atoms with van der Waals surface area (Å²) < 4.78 is 29.3. The summed E-state index contributed by atoms with van der Waals surface area (Å²) in [5, 5.41) is 9.97. The van der Waals surface area contributed by atoms with Crippen molar-refractivity contribution in [2.24, 2.45) is 0 Å². The highest BCUT2D eigenvalue weighted by Crippen LogP contribution is 2.46. The molecule has 6 heteroatoms. The average molecular weight is 287 g/mol. The third-order valence-corrected chi connectivity index (χ3v) is 3.86. The molecule has 1 aromatic carbocycles. The minimum Gasteiger partial charge on any atom is -0.382 e. The zero-order valence-electron chi connectivity index (χ0n) is 10.9. The van der Waals surface area contributed by atoms with Crippen LogP contribution in [0.25, 0.3) is 17.0 Å². The quantitative estimate of drug-likeness (QED) is 0.748. The fourth-order valence-electron chi connectivity index (χ4n) is 2.90. The average Bonchev–Trinajstić information content (AvgIpc) is 2.98. The molecule has 0 fully saturated rings. The molecule has 3 aromatic rings. The van der Waals surface area contributed by atoms with Gasteiger partial charge in [-0.25, -0.2) is 18.7 Å². The van der Waals surface area contributed by atoms with Gasteiger partial charge in [-0.1, -0.05) is 18.2 Å². The van der Waals surface area contributed by atoms with Crippen LogP contribution in [0.15, 0.2) is 42.9 Å². The molecule has 0 aliphatic heterocycles. The van der Waals surface area contributed by atoms with Gasteiger partial charge >= 0.3 is 0 Å². The van der Waals surface area contributed by atoms with Crippen molar-refractivity contribution in [2.75, 3.05) is 0 Å². The molecular weight excluding hydrogens is 276 g/mol. The van der Waals surface area contributed by atoms with Gasteiger partial charge in [0, 0.05) is 24.4 Å². The number of halogens is 2. The second kappa shape index (κ2) is 4.08. The van der Waals surface area contributed by atoms with Gasteiger partial charge in [-0.2, -0.15) is 0 Å². The van der Waals surface area contributed by atoms with Gasteiger partial charge in [0.1, 0.15) is 6.10 Å². The van der Waals surface area contributed by atoms with Gasteiger partial charge < -0.3 is 5.11 Å². The van der Waals surface area contributed by atoms with Gasteiger partial charge in [-0.05, 0) is 17.2 Å². The summed E-state index contributed by atoms with van der Waals surface area (Å²) in [5.74, 6) is -2.64. The molecule has 0 saturated carbocycles. The Hall–Kier alpha value is -2.34. The summed E-state index contributed by atoms with van der Waals surface area (Å²) >= 11 is 0. The first kappa shape index (κ1) is 12.4. The SMILES string of the molecule is OC1c2c(cccc2-c2cnc3ncccn23)CC1(F)F. The molecule has 1 unspecified atom stereocenters. The van der Waals surface area contributed by atoms with E-state index < -0.39 is 18.4 Å². The van der Waals surface area contributed by atoms with Gasteiger partial charge in [-0.15, -0.1) is 0 Å². The van der Waals surface area contributed by atoms with E-state index in [1.807, 2.05) is 0 Å². The maximum absolute atomic E-state index is 13.8. The summed E-state index contributed by atoms with van der Waals surface area (Å²) in [4.78, 5) is 8.27. The maximum atomic E-state index is 13.8. The zero-order valence-corrected chi connectivity index (χ0v) is 10.9. The van der Waals surface area contributed by atoms with Crippen molar-refractivity contribution in [3.8, 4) is 11.3 Å². The highest BCUT2D eigenvalue weighted by molar-refractivity contribution is 5.69. The molecule has 2 heterocycles. The van der Waals surface area contributed by atoms with E-state index in [9.17, 15) is 13.9 Å². The fourth-order valence-corrected chi connectivity index (χ4v) is 2.90. The molecule has 1 aliphatic rings. The van der Waals surface area contributed by atoms with Crippen LogP contribution < -0.4 is 0 Å². The first-order valence-corrected chi connectivity index (χ1v) is 6.54. The first-order chi connectivity index (χ1) is 10.1. The number of aromatic nitrogens is 3. The summed E-state index contributed by atoms with van der Waals surface area (Å²) in [6.07, 6.45) is 2.74. The number of hydrogen-bond acceptors (Lipinski definition) is 3. The molecule has 0 saturated heterocycles. The number of alkyl halides is 2. The second-order valence-electron chi connectivity index (χ2n) is 5.15. The van der Waals surface area contributed by atoms with E-state index in [0.717, 1.165) is 0 Å². The Kier molecular flexibility index (Phi) is 2.41. The lowest BCUT2D eigenvalue weighted by molar-refractivity contribution is -0.0966. The molecule has 4 rings (SSSR count). The van der Waals surface area contributed by atoms with Crippen LogP contribution in [0.4, 0.5) is 8.78 Å². The summed E-state index contributed by atoms with van der Waals surface area (Å²) in [7, 11) is 0. The number of fused-ring (bicyclic) bond motifs is 2. The second-order valence-corrected chi connectivity index (χ2v) is 5.15. The summed E-state index contributed by atoms with van der Waals surface area (Å²) in [6, 6.07) is 6.81. The number of nitrogens with zero attached hydrogens (tertiary/aromatic N) is 3. The largest absolute Gasteiger partial charge is 0.382 e. The van der Waals surface area contributed by atoms with E-state index in [4.69, 9.17) is 0 Å². The number of rotatable bonds is 1. The lowest BCUT2D eigenvalue weighted by Gasteiger charge is -2.15. The Morgan fingerprint density at radius 3 is 2.95 bits per heavy atom. The molecule has 0 spiro atoms. The standard InChI is InChI=1S/C15H11F2N3O/c16-15(17)7-9-3-1-4-10(12(9)13(15)21)11-8-19-14-18-5-2-6-20(11)14/h1-6,8,13,21H,7H2. The molecular formula is C15H11F2N3O. The molecule has 2 aromatic heterocycles. The molecule has 0 bridgehead atoms. The lowest BCUT2D eigenvalue weighted by atomic mass is 10.00. The van der Waals surface area contributed by atoms with Crippen molar-refractivity contribution in [1.29, 1.82) is 0 Å². The van der Waals surface area contributed by atoms with Gasteiger partial charge in [0.2, 0.25) is 5.78 Å². The van der Waals surface area contributed by atoms with Gasteiger partial charge in [0.15, 0.2) is 0 Å².